The molecule has 2 atom stereocenters. The van der Waals surface area contributed by atoms with Gasteiger partial charge in [0.15, 0.2) is 0 Å². The molecule has 3 nitrogen and oxygen atoms in total. The van der Waals surface area contributed by atoms with E-state index < -0.39 is 0 Å². The summed E-state index contributed by atoms with van der Waals surface area (Å²) in [5.41, 5.74) is 8.58. The average Bonchev–Trinajstić information content (AvgIpc) is 2.91. The summed E-state index contributed by atoms with van der Waals surface area (Å²) in [6, 6.07) is 8.33. The molecule has 2 aromatic rings. The summed E-state index contributed by atoms with van der Waals surface area (Å²) in [5.74, 6) is 1.41. The van der Waals surface area contributed by atoms with E-state index in [0.29, 0.717) is 5.92 Å². The van der Waals surface area contributed by atoms with E-state index >= 15 is 0 Å². The minimum Gasteiger partial charge on any atom is -0.347 e. The first-order chi connectivity index (χ1) is 8.22. The van der Waals surface area contributed by atoms with Crippen molar-refractivity contribution in [2.45, 2.75) is 32.2 Å². The van der Waals surface area contributed by atoms with Gasteiger partial charge in [-0.25, -0.2) is 4.98 Å². The fraction of sp³-hybridized carbons (Fsp3) is 0.357. The zero-order valence-electron chi connectivity index (χ0n) is 10.4. The fourth-order valence-electron chi connectivity index (χ4n) is 1.87. The van der Waals surface area contributed by atoms with Crippen LogP contribution < -0.4 is 5.73 Å². The summed E-state index contributed by atoms with van der Waals surface area (Å²) in [7, 11) is 0. The van der Waals surface area contributed by atoms with E-state index in [-0.39, 0.29) is 6.04 Å². The first-order valence-electron chi connectivity index (χ1n) is 6.07. The molecule has 0 radical (unpaired) electrons. The second kappa shape index (κ2) is 5.15. The quantitative estimate of drug-likeness (QED) is 0.846. The van der Waals surface area contributed by atoms with Crippen LogP contribution in [0.15, 0.2) is 36.7 Å². The Bertz CT molecular complexity index is 445. The highest BCUT2D eigenvalue weighted by Crippen LogP contribution is 2.22. The summed E-state index contributed by atoms with van der Waals surface area (Å²) >= 11 is 0. The topological polar surface area (TPSA) is 54.7 Å². The molecule has 3 heteroatoms. The third kappa shape index (κ3) is 2.56. The minimum absolute atomic E-state index is 0.170. The molecule has 0 fully saturated rings. The third-order valence-electron chi connectivity index (χ3n) is 3.29. The van der Waals surface area contributed by atoms with Gasteiger partial charge in [-0.05, 0) is 23.5 Å². The highest BCUT2D eigenvalue weighted by molar-refractivity contribution is 5.29. The molecule has 90 valence electrons. The molecule has 1 aromatic heterocycles. The van der Waals surface area contributed by atoms with Crippen molar-refractivity contribution in [2.75, 3.05) is 0 Å². The molecule has 0 aliphatic heterocycles. The summed E-state index contributed by atoms with van der Waals surface area (Å²) < 4.78 is 0. The van der Waals surface area contributed by atoms with E-state index in [9.17, 15) is 0 Å². The van der Waals surface area contributed by atoms with Crippen LogP contribution in [0.2, 0.25) is 0 Å². The molecule has 0 amide bonds. The fourth-order valence-corrected chi connectivity index (χ4v) is 1.87. The molecule has 1 aromatic carbocycles. The average molecular weight is 229 g/mol. The maximum absolute atomic E-state index is 6.13. The summed E-state index contributed by atoms with van der Waals surface area (Å²) in [6.45, 7) is 4.44. The molecule has 2 unspecified atom stereocenters. The van der Waals surface area contributed by atoms with Gasteiger partial charge < -0.3 is 10.7 Å². The van der Waals surface area contributed by atoms with Crippen molar-refractivity contribution in [3.63, 3.8) is 0 Å². The van der Waals surface area contributed by atoms with Crippen LogP contribution in [0.1, 0.15) is 49.2 Å². The van der Waals surface area contributed by atoms with Gasteiger partial charge in [0.2, 0.25) is 0 Å². The molecule has 17 heavy (non-hydrogen) atoms. The minimum atomic E-state index is -0.170. The van der Waals surface area contributed by atoms with Crippen molar-refractivity contribution in [2.24, 2.45) is 5.73 Å². The first kappa shape index (κ1) is 11.9. The van der Waals surface area contributed by atoms with Gasteiger partial charge in [0.05, 0.1) is 6.04 Å². The van der Waals surface area contributed by atoms with E-state index in [1.165, 1.54) is 5.56 Å². The monoisotopic (exact) mass is 229 g/mol. The van der Waals surface area contributed by atoms with Gasteiger partial charge in [0, 0.05) is 12.4 Å². The van der Waals surface area contributed by atoms with Crippen LogP contribution in [0, 0.1) is 0 Å². The number of aromatic amines is 1. The van der Waals surface area contributed by atoms with E-state index in [0.717, 1.165) is 17.8 Å². The Labute approximate surface area is 102 Å². The number of benzene rings is 1. The van der Waals surface area contributed by atoms with Gasteiger partial charge in [0.25, 0.3) is 0 Å². The second-order valence-corrected chi connectivity index (χ2v) is 4.43. The van der Waals surface area contributed by atoms with E-state index in [4.69, 9.17) is 5.73 Å². The normalized spacial score (nSPS) is 14.5. The van der Waals surface area contributed by atoms with Crippen LogP contribution in [0.3, 0.4) is 0 Å². The number of nitrogens with two attached hydrogens (primary N) is 1. The molecule has 0 bridgehead atoms. The number of imidazole rings is 1. The van der Waals surface area contributed by atoms with Crippen molar-refractivity contribution < 1.29 is 0 Å². The number of rotatable bonds is 4. The summed E-state index contributed by atoms with van der Waals surface area (Å²) in [5, 5.41) is 0. The maximum atomic E-state index is 6.13. The van der Waals surface area contributed by atoms with Gasteiger partial charge in [0.1, 0.15) is 5.82 Å². The van der Waals surface area contributed by atoms with Crippen molar-refractivity contribution in [1.82, 2.24) is 9.97 Å². The number of hydrogen-bond acceptors (Lipinski definition) is 2. The number of H-pyrrole nitrogens is 1. The van der Waals surface area contributed by atoms with Gasteiger partial charge in [-0.15, -0.1) is 0 Å². The standard InChI is InChI=1S/C14H19N3/c1-3-10(2)11-4-6-12(7-5-11)13(15)14-16-8-9-17-14/h4-10,13H,3,15H2,1-2H3,(H,16,17). The third-order valence-corrected chi connectivity index (χ3v) is 3.29. The molecule has 0 saturated heterocycles. The largest absolute Gasteiger partial charge is 0.347 e. The highest BCUT2D eigenvalue weighted by Gasteiger charge is 2.11. The first-order valence-corrected chi connectivity index (χ1v) is 6.07. The van der Waals surface area contributed by atoms with E-state index in [1.54, 1.807) is 12.4 Å². The molecule has 2 rings (SSSR count). The smallest absolute Gasteiger partial charge is 0.127 e. The van der Waals surface area contributed by atoms with Gasteiger partial charge in [-0.3, -0.25) is 0 Å². The Morgan fingerprint density at radius 2 is 1.88 bits per heavy atom. The van der Waals surface area contributed by atoms with Crippen molar-refractivity contribution >= 4 is 0 Å². The molecule has 0 aliphatic rings. The SMILES string of the molecule is CCC(C)c1ccc(C(N)c2ncc[nH]2)cc1. The number of nitrogens with one attached hydrogen (secondary N) is 1. The predicted octanol–water partition coefficient (Wildman–Crippen LogP) is 2.97. The molecular formula is C14H19N3. The van der Waals surface area contributed by atoms with E-state index in [2.05, 4.69) is 48.1 Å². The Morgan fingerprint density at radius 3 is 2.41 bits per heavy atom. The predicted molar refractivity (Wildman–Crippen MR) is 69.8 cm³/mol. The summed E-state index contributed by atoms with van der Waals surface area (Å²) in [4.78, 5) is 7.23. The van der Waals surface area contributed by atoms with E-state index in [1.807, 2.05) is 0 Å². The lowest BCUT2D eigenvalue weighted by Gasteiger charge is -2.12. The molecule has 0 aliphatic carbocycles. The number of nitrogens with zero attached hydrogens (tertiary/aromatic N) is 1. The second-order valence-electron chi connectivity index (χ2n) is 4.43. The van der Waals surface area contributed by atoms with Gasteiger partial charge in [-0.2, -0.15) is 0 Å². The van der Waals surface area contributed by atoms with Crippen LogP contribution in [0.25, 0.3) is 0 Å². The Balaban J connectivity index is 2.18. The summed E-state index contributed by atoms with van der Waals surface area (Å²) in [6.07, 6.45) is 4.68. The highest BCUT2D eigenvalue weighted by atomic mass is 14.9. The number of aromatic nitrogens is 2. The van der Waals surface area contributed by atoms with Crippen LogP contribution >= 0.6 is 0 Å². The Kier molecular flexibility index (Phi) is 3.59. The van der Waals surface area contributed by atoms with Crippen molar-refractivity contribution in [1.29, 1.82) is 0 Å². The molecular weight excluding hydrogens is 210 g/mol. The van der Waals surface area contributed by atoms with Gasteiger partial charge in [-0.1, -0.05) is 38.1 Å². The number of hydrogen-bond donors (Lipinski definition) is 2. The van der Waals surface area contributed by atoms with Crippen LogP contribution in [-0.2, 0) is 0 Å². The van der Waals surface area contributed by atoms with Crippen LogP contribution in [0.5, 0.6) is 0 Å². The Morgan fingerprint density at radius 1 is 1.24 bits per heavy atom. The lowest BCUT2D eigenvalue weighted by atomic mass is 9.96. The van der Waals surface area contributed by atoms with Crippen molar-refractivity contribution in [3.8, 4) is 0 Å². The molecule has 0 saturated carbocycles. The lowest BCUT2D eigenvalue weighted by Crippen LogP contribution is -2.13. The molecule has 1 heterocycles. The van der Waals surface area contributed by atoms with Crippen LogP contribution in [-0.4, -0.2) is 9.97 Å². The van der Waals surface area contributed by atoms with Crippen molar-refractivity contribution in [3.05, 3.63) is 53.6 Å². The molecule has 0 spiro atoms. The Hall–Kier alpha value is -1.61. The molecule has 3 N–H and O–H groups in total. The zero-order chi connectivity index (χ0) is 12.3. The van der Waals surface area contributed by atoms with Crippen LogP contribution in [0.4, 0.5) is 0 Å². The lowest BCUT2D eigenvalue weighted by molar-refractivity contribution is 0.731. The zero-order valence-corrected chi connectivity index (χ0v) is 10.4. The maximum Gasteiger partial charge on any atom is 0.127 e. The van der Waals surface area contributed by atoms with Gasteiger partial charge >= 0.3 is 0 Å².